The highest BCUT2D eigenvalue weighted by molar-refractivity contribution is 5.96. The minimum Gasteiger partial charge on any atom is -0.353 e. The fourth-order valence-corrected chi connectivity index (χ4v) is 2.99. The summed E-state index contributed by atoms with van der Waals surface area (Å²) in [5.74, 6) is 0.679. The van der Waals surface area contributed by atoms with Crippen LogP contribution in [-0.2, 0) is 16.0 Å². The van der Waals surface area contributed by atoms with Gasteiger partial charge in [-0.1, -0.05) is 18.2 Å². The molecular formula is C17H22N2O2. The minimum atomic E-state index is -0.0955. The second-order valence-electron chi connectivity index (χ2n) is 6.28. The summed E-state index contributed by atoms with van der Waals surface area (Å²) in [6.45, 7) is 2.07. The first-order valence-corrected chi connectivity index (χ1v) is 7.81. The van der Waals surface area contributed by atoms with Gasteiger partial charge in [0, 0.05) is 24.1 Å². The van der Waals surface area contributed by atoms with E-state index in [1.54, 1.807) is 0 Å². The number of hydrogen-bond acceptors (Lipinski definition) is 2. The Hall–Kier alpha value is -1.84. The van der Waals surface area contributed by atoms with Crippen LogP contribution in [0.15, 0.2) is 24.3 Å². The van der Waals surface area contributed by atoms with Crippen molar-refractivity contribution in [2.75, 3.05) is 5.32 Å². The molecule has 0 saturated heterocycles. The quantitative estimate of drug-likeness (QED) is 0.873. The van der Waals surface area contributed by atoms with Crippen molar-refractivity contribution in [3.05, 3.63) is 29.8 Å². The highest BCUT2D eigenvalue weighted by Crippen LogP contribution is 2.32. The lowest BCUT2D eigenvalue weighted by molar-refractivity contribution is -0.123. The maximum atomic E-state index is 12.1. The molecule has 2 N–H and O–H groups in total. The molecule has 1 aromatic carbocycles. The molecule has 0 aromatic heterocycles. The number of benzene rings is 1. The SMILES string of the molecule is C[C@H](NC(=O)CC[C@@H]1Cc2ccccc2NC1=O)C1CC1. The summed E-state index contributed by atoms with van der Waals surface area (Å²) >= 11 is 0. The van der Waals surface area contributed by atoms with Crippen LogP contribution in [-0.4, -0.2) is 17.9 Å². The van der Waals surface area contributed by atoms with E-state index in [0.29, 0.717) is 18.8 Å². The highest BCUT2D eigenvalue weighted by Gasteiger charge is 2.30. The normalized spacial score (nSPS) is 22.1. The van der Waals surface area contributed by atoms with E-state index in [0.717, 1.165) is 17.7 Å². The van der Waals surface area contributed by atoms with Crippen molar-refractivity contribution in [1.29, 1.82) is 0 Å². The molecule has 112 valence electrons. The average molecular weight is 286 g/mol. The number of carbonyl (C=O) groups is 2. The van der Waals surface area contributed by atoms with E-state index in [1.807, 2.05) is 24.3 Å². The van der Waals surface area contributed by atoms with E-state index in [4.69, 9.17) is 0 Å². The van der Waals surface area contributed by atoms with Gasteiger partial charge in [-0.3, -0.25) is 9.59 Å². The number of nitrogens with one attached hydrogen (secondary N) is 2. The van der Waals surface area contributed by atoms with E-state index in [1.165, 1.54) is 12.8 Å². The lowest BCUT2D eigenvalue weighted by Crippen LogP contribution is -2.35. The molecule has 1 aliphatic carbocycles. The van der Waals surface area contributed by atoms with Crippen LogP contribution < -0.4 is 10.6 Å². The zero-order valence-electron chi connectivity index (χ0n) is 12.4. The van der Waals surface area contributed by atoms with Crippen LogP contribution in [0.4, 0.5) is 5.69 Å². The number of anilines is 1. The van der Waals surface area contributed by atoms with Gasteiger partial charge in [0.2, 0.25) is 11.8 Å². The van der Waals surface area contributed by atoms with Crippen molar-refractivity contribution < 1.29 is 9.59 Å². The monoisotopic (exact) mass is 286 g/mol. The third-order valence-electron chi connectivity index (χ3n) is 4.55. The smallest absolute Gasteiger partial charge is 0.227 e. The maximum absolute atomic E-state index is 12.1. The van der Waals surface area contributed by atoms with Gasteiger partial charge in [0.1, 0.15) is 0 Å². The van der Waals surface area contributed by atoms with Crippen LogP contribution in [0.5, 0.6) is 0 Å². The molecular weight excluding hydrogens is 264 g/mol. The lowest BCUT2D eigenvalue weighted by atomic mass is 9.89. The van der Waals surface area contributed by atoms with Crippen LogP contribution in [0, 0.1) is 11.8 Å². The number of amides is 2. The molecule has 1 aliphatic heterocycles. The standard InChI is InChI=1S/C17H22N2O2/c1-11(12-6-7-12)18-16(20)9-8-14-10-13-4-2-3-5-15(13)19-17(14)21/h2-5,11-12,14H,6-10H2,1H3,(H,18,20)(H,19,21)/t11-,14+/m0/s1. The van der Waals surface area contributed by atoms with E-state index in [-0.39, 0.29) is 23.8 Å². The summed E-state index contributed by atoms with van der Waals surface area (Å²) in [5.41, 5.74) is 2.07. The van der Waals surface area contributed by atoms with Crippen molar-refractivity contribution >= 4 is 17.5 Å². The molecule has 4 heteroatoms. The summed E-state index contributed by atoms with van der Waals surface area (Å²) in [5, 5.41) is 5.98. The van der Waals surface area contributed by atoms with Crippen molar-refractivity contribution in [3.8, 4) is 0 Å². The van der Waals surface area contributed by atoms with Crippen molar-refractivity contribution in [2.45, 2.75) is 45.1 Å². The van der Waals surface area contributed by atoms with Crippen LogP contribution >= 0.6 is 0 Å². The van der Waals surface area contributed by atoms with Gasteiger partial charge in [-0.05, 0) is 50.2 Å². The summed E-state index contributed by atoms with van der Waals surface area (Å²) in [7, 11) is 0. The molecule has 21 heavy (non-hydrogen) atoms. The predicted octanol–water partition coefficient (Wildman–Crippen LogP) is 2.49. The largest absolute Gasteiger partial charge is 0.353 e. The summed E-state index contributed by atoms with van der Waals surface area (Å²) in [4.78, 5) is 24.0. The molecule has 2 amide bonds. The molecule has 0 spiro atoms. The molecule has 1 heterocycles. The molecule has 3 rings (SSSR count). The van der Waals surface area contributed by atoms with E-state index >= 15 is 0 Å². The Morgan fingerprint density at radius 1 is 1.38 bits per heavy atom. The second-order valence-corrected chi connectivity index (χ2v) is 6.28. The number of carbonyl (C=O) groups excluding carboxylic acids is 2. The first-order valence-electron chi connectivity index (χ1n) is 7.81. The maximum Gasteiger partial charge on any atom is 0.227 e. The number of hydrogen-bond donors (Lipinski definition) is 2. The topological polar surface area (TPSA) is 58.2 Å². The predicted molar refractivity (Wildman–Crippen MR) is 81.8 cm³/mol. The Morgan fingerprint density at radius 3 is 2.90 bits per heavy atom. The Balaban J connectivity index is 1.51. The van der Waals surface area contributed by atoms with E-state index < -0.39 is 0 Å². The molecule has 0 radical (unpaired) electrons. The van der Waals surface area contributed by atoms with Gasteiger partial charge in [-0.2, -0.15) is 0 Å². The lowest BCUT2D eigenvalue weighted by Gasteiger charge is -2.24. The molecule has 2 atom stereocenters. The van der Waals surface area contributed by atoms with Gasteiger partial charge in [-0.15, -0.1) is 0 Å². The molecule has 1 fully saturated rings. The third kappa shape index (κ3) is 3.43. The summed E-state index contributed by atoms with van der Waals surface area (Å²) in [6, 6.07) is 8.15. The molecule has 0 bridgehead atoms. The molecule has 2 aliphatic rings. The van der Waals surface area contributed by atoms with Gasteiger partial charge >= 0.3 is 0 Å². The van der Waals surface area contributed by atoms with E-state index in [9.17, 15) is 9.59 Å². The number of para-hydroxylation sites is 1. The first-order chi connectivity index (χ1) is 10.1. The second kappa shape index (κ2) is 5.88. The van der Waals surface area contributed by atoms with Gasteiger partial charge < -0.3 is 10.6 Å². The Labute approximate surface area is 125 Å². The fraction of sp³-hybridized carbons (Fsp3) is 0.529. The fourth-order valence-electron chi connectivity index (χ4n) is 2.99. The third-order valence-corrected chi connectivity index (χ3v) is 4.55. The molecule has 0 unspecified atom stereocenters. The van der Waals surface area contributed by atoms with Crippen LogP contribution in [0.3, 0.4) is 0 Å². The summed E-state index contributed by atoms with van der Waals surface area (Å²) in [6.07, 6.45) is 4.22. The molecule has 1 saturated carbocycles. The molecule has 1 aromatic rings. The van der Waals surface area contributed by atoms with Crippen LogP contribution in [0.1, 0.15) is 38.2 Å². The zero-order valence-corrected chi connectivity index (χ0v) is 12.4. The highest BCUT2D eigenvalue weighted by atomic mass is 16.2. The van der Waals surface area contributed by atoms with E-state index in [2.05, 4.69) is 17.6 Å². The molecule has 4 nitrogen and oxygen atoms in total. The van der Waals surface area contributed by atoms with Crippen LogP contribution in [0.25, 0.3) is 0 Å². The minimum absolute atomic E-state index is 0.0386. The van der Waals surface area contributed by atoms with Crippen molar-refractivity contribution in [1.82, 2.24) is 5.32 Å². The number of fused-ring (bicyclic) bond motifs is 1. The Morgan fingerprint density at radius 2 is 2.14 bits per heavy atom. The number of rotatable bonds is 5. The van der Waals surface area contributed by atoms with Gasteiger partial charge in [0.15, 0.2) is 0 Å². The summed E-state index contributed by atoms with van der Waals surface area (Å²) < 4.78 is 0. The van der Waals surface area contributed by atoms with Gasteiger partial charge in [0.05, 0.1) is 0 Å². The Bertz CT molecular complexity index is 551. The Kier molecular flexibility index (Phi) is 3.95. The average Bonchev–Trinajstić information content (AvgIpc) is 3.29. The van der Waals surface area contributed by atoms with Crippen molar-refractivity contribution in [3.63, 3.8) is 0 Å². The zero-order chi connectivity index (χ0) is 14.8. The van der Waals surface area contributed by atoms with Gasteiger partial charge in [-0.25, -0.2) is 0 Å². The first kappa shape index (κ1) is 14.1. The van der Waals surface area contributed by atoms with Crippen molar-refractivity contribution in [2.24, 2.45) is 11.8 Å². The van der Waals surface area contributed by atoms with Crippen LogP contribution in [0.2, 0.25) is 0 Å². The van der Waals surface area contributed by atoms with Gasteiger partial charge in [0.25, 0.3) is 0 Å².